The molecule has 1 aromatic carbocycles. The van der Waals surface area contributed by atoms with Gasteiger partial charge in [0.15, 0.2) is 0 Å². The lowest BCUT2D eigenvalue weighted by molar-refractivity contribution is 0.334. The summed E-state index contributed by atoms with van der Waals surface area (Å²) in [6.45, 7) is 2.02. The van der Waals surface area contributed by atoms with Crippen LogP contribution < -0.4 is 5.32 Å². The molecule has 2 N–H and O–H groups in total. The number of H-pyrrole nitrogens is 1. The highest BCUT2D eigenvalue weighted by atomic mass is 35.5. The number of aromatic nitrogens is 3. The quantitative estimate of drug-likeness (QED) is 0.529. The first-order valence-electron chi connectivity index (χ1n) is 9.48. The molecule has 0 saturated heterocycles. The van der Waals surface area contributed by atoms with Gasteiger partial charge in [0.05, 0.1) is 23.1 Å². The van der Waals surface area contributed by atoms with Gasteiger partial charge in [0, 0.05) is 18.3 Å². The molecule has 2 heterocycles. The predicted octanol–water partition coefficient (Wildman–Crippen LogP) is 5.53. The summed E-state index contributed by atoms with van der Waals surface area (Å²) in [6, 6.07) is 10.5. The normalized spacial score (nSPS) is 14.5. The summed E-state index contributed by atoms with van der Waals surface area (Å²) < 4.78 is 0. The number of nitrogens with one attached hydrogen (secondary N) is 2. The highest BCUT2D eigenvalue weighted by Crippen LogP contribution is 2.25. The second-order valence-electron chi connectivity index (χ2n) is 7.16. The average Bonchev–Trinajstić information content (AvgIpc) is 3.14. The van der Waals surface area contributed by atoms with Crippen molar-refractivity contribution in [3.63, 3.8) is 0 Å². The Bertz CT molecular complexity index is 810. The van der Waals surface area contributed by atoms with Gasteiger partial charge in [0.2, 0.25) is 0 Å². The van der Waals surface area contributed by atoms with E-state index in [9.17, 15) is 0 Å². The van der Waals surface area contributed by atoms with Crippen molar-refractivity contribution in [1.82, 2.24) is 20.3 Å². The summed E-state index contributed by atoms with van der Waals surface area (Å²) in [5, 5.41) is 3.58. The summed E-state index contributed by atoms with van der Waals surface area (Å²) in [5.74, 6) is 0.944. The van der Waals surface area contributed by atoms with Gasteiger partial charge >= 0.3 is 0 Å². The Hall–Kier alpha value is -1.62. The van der Waals surface area contributed by atoms with Crippen molar-refractivity contribution in [3.05, 3.63) is 48.4 Å². The third kappa shape index (κ3) is 5.68. The van der Waals surface area contributed by atoms with E-state index >= 15 is 0 Å². The van der Waals surface area contributed by atoms with Crippen LogP contribution in [0.5, 0.6) is 0 Å². The van der Waals surface area contributed by atoms with E-state index in [4.69, 9.17) is 0 Å². The summed E-state index contributed by atoms with van der Waals surface area (Å²) >= 11 is 0. The van der Waals surface area contributed by atoms with Crippen LogP contribution >= 0.6 is 24.8 Å². The van der Waals surface area contributed by atoms with Crippen LogP contribution in [0.3, 0.4) is 0 Å². The molecular formula is C21H28Cl2N4. The maximum absolute atomic E-state index is 4.63. The van der Waals surface area contributed by atoms with Crippen LogP contribution in [0.25, 0.3) is 22.3 Å². The molecule has 4 nitrogen and oxygen atoms in total. The lowest BCUT2D eigenvalue weighted by atomic mass is 9.87. The molecule has 1 aliphatic carbocycles. The van der Waals surface area contributed by atoms with E-state index in [1.165, 1.54) is 44.1 Å². The smallest absolute Gasteiger partial charge is 0.0931 e. The summed E-state index contributed by atoms with van der Waals surface area (Å²) in [5.41, 5.74) is 5.40. The Labute approximate surface area is 173 Å². The van der Waals surface area contributed by atoms with Gasteiger partial charge < -0.3 is 10.3 Å². The second kappa shape index (κ2) is 10.6. The molecule has 1 fully saturated rings. The van der Waals surface area contributed by atoms with E-state index in [0.717, 1.165) is 41.3 Å². The number of benzene rings is 1. The summed E-state index contributed by atoms with van der Waals surface area (Å²) in [7, 11) is 0. The van der Waals surface area contributed by atoms with Crippen molar-refractivity contribution in [2.24, 2.45) is 5.92 Å². The molecule has 6 heteroatoms. The van der Waals surface area contributed by atoms with Crippen LogP contribution in [0.1, 0.15) is 44.1 Å². The van der Waals surface area contributed by atoms with Crippen LogP contribution in [0, 0.1) is 5.92 Å². The number of fused-ring (bicyclic) bond motifs is 1. The highest BCUT2D eigenvalue weighted by Gasteiger charge is 2.12. The minimum atomic E-state index is 0. The lowest BCUT2D eigenvalue weighted by Crippen LogP contribution is -2.19. The maximum Gasteiger partial charge on any atom is 0.0931 e. The van der Waals surface area contributed by atoms with Crippen molar-refractivity contribution < 1.29 is 0 Å². The topological polar surface area (TPSA) is 53.6 Å². The average molecular weight is 407 g/mol. The zero-order valence-electron chi connectivity index (χ0n) is 15.5. The van der Waals surface area contributed by atoms with Crippen molar-refractivity contribution in [1.29, 1.82) is 0 Å². The molecule has 3 aromatic rings. The predicted molar refractivity (Wildman–Crippen MR) is 117 cm³/mol. The van der Waals surface area contributed by atoms with E-state index in [0.29, 0.717) is 0 Å². The molecule has 4 rings (SSSR count). The number of pyridine rings is 1. The second-order valence-corrected chi connectivity index (χ2v) is 7.16. The van der Waals surface area contributed by atoms with Crippen molar-refractivity contribution in [2.45, 2.75) is 45.1 Å². The minimum Gasteiger partial charge on any atom is -0.345 e. The highest BCUT2D eigenvalue weighted by molar-refractivity contribution is 5.85. The van der Waals surface area contributed by atoms with Gasteiger partial charge in [-0.05, 0) is 42.6 Å². The Morgan fingerprint density at radius 3 is 2.63 bits per heavy atom. The Morgan fingerprint density at radius 2 is 1.85 bits per heavy atom. The number of imidazole rings is 1. The minimum absolute atomic E-state index is 0. The van der Waals surface area contributed by atoms with Gasteiger partial charge in [-0.3, -0.25) is 4.98 Å². The first-order chi connectivity index (χ1) is 12.4. The number of halogens is 2. The fourth-order valence-corrected chi connectivity index (χ4v) is 3.81. The molecule has 1 aliphatic rings. The zero-order valence-corrected chi connectivity index (χ0v) is 17.1. The molecule has 146 valence electrons. The van der Waals surface area contributed by atoms with E-state index < -0.39 is 0 Å². The van der Waals surface area contributed by atoms with Gasteiger partial charge in [0.25, 0.3) is 0 Å². The molecule has 27 heavy (non-hydrogen) atoms. The summed E-state index contributed by atoms with van der Waals surface area (Å²) in [6.07, 6.45) is 12.2. The van der Waals surface area contributed by atoms with Crippen LogP contribution in [-0.4, -0.2) is 21.5 Å². The largest absolute Gasteiger partial charge is 0.345 e. The van der Waals surface area contributed by atoms with Gasteiger partial charge in [-0.15, -0.1) is 24.8 Å². The Morgan fingerprint density at radius 1 is 1.00 bits per heavy atom. The van der Waals surface area contributed by atoms with Gasteiger partial charge in [0.1, 0.15) is 0 Å². The molecule has 0 aliphatic heterocycles. The number of nitrogens with zero attached hydrogens (tertiary/aromatic N) is 2. The fourth-order valence-electron chi connectivity index (χ4n) is 3.81. The molecule has 0 amide bonds. The first-order valence-corrected chi connectivity index (χ1v) is 9.48. The van der Waals surface area contributed by atoms with Crippen molar-refractivity contribution in [3.8, 4) is 11.3 Å². The number of hydrogen-bond acceptors (Lipinski definition) is 3. The maximum atomic E-state index is 4.63. The monoisotopic (exact) mass is 406 g/mol. The molecule has 0 unspecified atom stereocenters. The number of hydrogen-bond donors (Lipinski definition) is 2. The molecule has 2 aromatic heterocycles. The molecule has 0 radical (unpaired) electrons. The van der Waals surface area contributed by atoms with Crippen LogP contribution in [0.2, 0.25) is 0 Å². The lowest BCUT2D eigenvalue weighted by Gasteiger charge is -2.21. The van der Waals surface area contributed by atoms with E-state index in [1.807, 2.05) is 12.3 Å². The Kier molecular flexibility index (Phi) is 8.55. The molecule has 0 spiro atoms. The number of aromatic amines is 1. The molecule has 1 saturated carbocycles. The van der Waals surface area contributed by atoms with Crippen LogP contribution in [-0.2, 0) is 6.54 Å². The molecule has 0 atom stereocenters. The van der Waals surface area contributed by atoms with Crippen molar-refractivity contribution in [2.75, 3.05) is 6.54 Å². The van der Waals surface area contributed by atoms with E-state index in [-0.39, 0.29) is 24.8 Å². The molecular weight excluding hydrogens is 379 g/mol. The SMILES string of the molecule is Cl.Cl.c1nc2ccc(-c3ccc(CNCCC4CCCCC4)cn3)cc2[nH]1. The Balaban J connectivity index is 0.00000131. The first kappa shape index (κ1) is 21.7. The van der Waals surface area contributed by atoms with Crippen molar-refractivity contribution >= 4 is 35.8 Å². The van der Waals surface area contributed by atoms with E-state index in [2.05, 4.69) is 44.5 Å². The van der Waals surface area contributed by atoms with Crippen LogP contribution in [0.15, 0.2) is 42.9 Å². The van der Waals surface area contributed by atoms with Gasteiger partial charge in [-0.1, -0.05) is 44.2 Å². The van der Waals surface area contributed by atoms with Gasteiger partial charge in [-0.25, -0.2) is 4.98 Å². The van der Waals surface area contributed by atoms with E-state index in [1.54, 1.807) is 6.33 Å². The standard InChI is InChI=1S/C21H26N4.2ClH/c1-2-4-16(5-3-1)10-11-22-13-17-6-8-19(23-14-17)18-7-9-20-21(12-18)25-15-24-20;;/h6-9,12,14-16,22H,1-5,10-11,13H2,(H,24,25);2*1H. The fraction of sp³-hybridized carbons (Fsp3) is 0.429. The molecule has 0 bridgehead atoms. The van der Waals surface area contributed by atoms with Crippen LogP contribution in [0.4, 0.5) is 0 Å². The number of rotatable bonds is 6. The van der Waals surface area contributed by atoms with Gasteiger partial charge in [-0.2, -0.15) is 0 Å². The zero-order chi connectivity index (χ0) is 16.9. The third-order valence-electron chi connectivity index (χ3n) is 5.32. The third-order valence-corrected chi connectivity index (χ3v) is 5.32. The summed E-state index contributed by atoms with van der Waals surface area (Å²) in [4.78, 5) is 12.0.